The molecule has 0 atom stereocenters. The van der Waals surface area contributed by atoms with Crippen LogP contribution in [0.25, 0.3) is 0 Å². The van der Waals surface area contributed by atoms with E-state index >= 15 is 0 Å². The fourth-order valence-corrected chi connectivity index (χ4v) is 15.2. The molecule has 0 aliphatic carbocycles. The highest BCUT2D eigenvalue weighted by Crippen LogP contribution is 2.34. The van der Waals surface area contributed by atoms with E-state index < -0.39 is 0 Å². The van der Waals surface area contributed by atoms with Gasteiger partial charge in [0.1, 0.15) is 262 Å². The topological polar surface area (TPSA) is 40.5 Å². The fraction of sp³-hybridized carbons (Fsp3) is 1.00. The third kappa shape index (κ3) is 6.66. The van der Waals surface area contributed by atoms with Gasteiger partial charge in [-0.25, -0.2) is 0 Å². The van der Waals surface area contributed by atoms with Gasteiger partial charge >= 0.3 is 0 Å². The molecule has 15 aliphatic heterocycles. The molecule has 15 saturated heterocycles. The highest BCUT2D eigenvalue weighted by molar-refractivity contribution is 4.70. The molecule has 15 fully saturated rings. The molecule has 0 aromatic heterocycles. The number of quaternary nitrogens is 10. The van der Waals surface area contributed by atoms with Crippen molar-refractivity contribution in [2.75, 3.05) is 275 Å². The van der Waals surface area contributed by atoms with E-state index in [-0.39, 0.29) is 0 Å². The second-order valence-corrected chi connectivity index (χ2v) is 22.8. The number of aliphatic hydroxyl groups excluding tert-OH is 2. The Morgan fingerprint density at radius 3 is 0.352 bits per heavy atom. The molecule has 12 nitrogen and oxygen atoms in total. The molecular weight excluding hydrogens is 677 g/mol. The predicted molar refractivity (Wildman–Crippen MR) is 211 cm³/mol. The lowest BCUT2D eigenvalue weighted by Gasteiger charge is -2.60. The molecule has 12 heteroatoms. The van der Waals surface area contributed by atoms with E-state index in [0.29, 0.717) is 13.2 Å². The van der Waals surface area contributed by atoms with Gasteiger partial charge in [0.15, 0.2) is 0 Å². The van der Waals surface area contributed by atoms with Crippen LogP contribution in [0.5, 0.6) is 0 Å². The van der Waals surface area contributed by atoms with Crippen LogP contribution >= 0.6 is 0 Å². The van der Waals surface area contributed by atoms with E-state index in [9.17, 15) is 10.2 Å². The van der Waals surface area contributed by atoms with Gasteiger partial charge < -0.3 is 55.0 Å². The van der Waals surface area contributed by atoms with Crippen molar-refractivity contribution in [1.29, 1.82) is 0 Å². The second kappa shape index (κ2) is 13.5. The van der Waals surface area contributed by atoms with Crippen molar-refractivity contribution in [2.24, 2.45) is 0 Å². The van der Waals surface area contributed by atoms with Crippen molar-refractivity contribution in [3.8, 4) is 0 Å². The minimum absolute atomic E-state index is 0.371. The standard InChI is InChI=1S/C42H86N10O2/c53-41-39-51-33-27-49(28-34-51,29-35-51)25-23-47-17-11-45(12-18-47,13-19-47)9-7-43-1-2-44(5-3-43,6-4-43)8-10-46-14-20-48(21-15-46,22-16-46)24-26-50-30-36-52(37-31-50,38-32-50)40-42-54/h53-54H,1-42H2/q+10. The Hall–Kier alpha value is -0.480. The smallest absolute Gasteiger partial charge is 0.129 e. The van der Waals surface area contributed by atoms with Crippen molar-refractivity contribution in [3.63, 3.8) is 0 Å². The number of fused-ring (bicyclic) bond motifs is 15. The monoisotopic (exact) mass is 763 g/mol. The fourth-order valence-electron chi connectivity index (χ4n) is 15.2. The Balaban J connectivity index is 0.651. The molecule has 0 amide bonds. The molecule has 0 radical (unpaired) electrons. The van der Waals surface area contributed by atoms with Crippen LogP contribution in [-0.4, -0.2) is 330 Å². The number of rotatable bonds is 16. The van der Waals surface area contributed by atoms with Crippen molar-refractivity contribution in [3.05, 3.63) is 0 Å². The molecule has 54 heavy (non-hydrogen) atoms. The number of nitrogens with zero attached hydrogens (tertiary/aromatic N) is 10. The van der Waals surface area contributed by atoms with E-state index in [1.807, 2.05) is 0 Å². The number of hydrogen-bond donors (Lipinski definition) is 2. The minimum Gasteiger partial charge on any atom is -0.391 e. The van der Waals surface area contributed by atoms with Gasteiger partial charge in [0.05, 0.1) is 13.2 Å². The summed E-state index contributed by atoms with van der Waals surface area (Å²) in [5.74, 6) is 0. The zero-order valence-corrected chi connectivity index (χ0v) is 35.1. The summed E-state index contributed by atoms with van der Waals surface area (Å²) in [6, 6.07) is 0. The van der Waals surface area contributed by atoms with Crippen LogP contribution in [0.2, 0.25) is 0 Å². The zero-order chi connectivity index (χ0) is 36.7. The molecule has 15 heterocycles. The van der Waals surface area contributed by atoms with Gasteiger partial charge in [-0.15, -0.1) is 0 Å². The summed E-state index contributed by atoms with van der Waals surface area (Å²) in [6.07, 6.45) is 0. The predicted octanol–water partition coefficient (Wildman–Crippen LogP) is -2.73. The van der Waals surface area contributed by atoms with Crippen LogP contribution in [0.1, 0.15) is 0 Å². The number of hydrogen-bond acceptors (Lipinski definition) is 2. The van der Waals surface area contributed by atoms with Crippen LogP contribution in [0, 0.1) is 0 Å². The van der Waals surface area contributed by atoms with E-state index in [4.69, 9.17) is 0 Å². The van der Waals surface area contributed by atoms with Gasteiger partial charge in [0, 0.05) is 0 Å². The summed E-state index contributed by atoms with van der Waals surface area (Å²) in [5, 5.41) is 19.3. The van der Waals surface area contributed by atoms with E-state index in [0.717, 1.165) is 13.1 Å². The molecule has 306 valence electrons. The minimum atomic E-state index is 0.371. The number of aliphatic hydroxyl groups is 2. The largest absolute Gasteiger partial charge is 0.391 e. The summed E-state index contributed by atoms with van der Waals surface area (Å²) < 4.78 is 14.0. The first kappa shape index (κ1) is 37.8. The lowest BCUT2D eigenvalue weighted by Crippen LogP contribution is -2.81. The van der Waals surface area contributed by atoms with E-state index in [1.165, 1.54) is 294 Å². The van der Waals surface area contributed by atoms with Crippen LogP contribution < -0.4 is 0 Å². The molecule has 15 aliphatic rings. The molecule has 2 N–H and O–H groups in total. The molecule has 0 unspecified atom stereocenters. The Morgan fingerprint density at radius 2 is 0.259 bits per heavy atom. The summed E-state index contributed by atoms with van der Waals surface area (Å²) in [6.45, 7) is 56.7. The van der Waals surface area contributed by atoms with Gasteiger partial charge in [-0.3, -0.25) is 0 Å². The maximum Gasteiger partial charge on any atom is 0.129 e. The molecule has 0 aromatic carbocycles. The second-order valence-electron chi connectivity index (χ2n) is 22.8. The quantitative estimate of drug-likeness (QED) is 0.168. The first-order valence-electron chi connectivity index (χ1n) is 23.8. The Morgan fingerprint density at radius 1 is 0.167 bits per heavy atom. The van der Waals surface area contributed by atoms with Crippen molar-refractivity contribution in [2.45, 2.75) is 0 Å². The van der Waals surface area contributed by atoms with Crippen molar-refractivity contribution < 1.29 is 55.0 Å². The SMILES string of the molecule is OCC[N+]12CC[N+](CC[N+]34CC[N+](CC[N+]56CC[N+](CC[N+]78CC[N+](CC[N+]9%10CC[N+](CCO)(CC9)CC%10)(CC7)CC8)(CC5)CC6)(CC3)CC4)(CC1)CC2. The van der Waals surface area contributed by atoms with Gasteiger partial charge in [0.25, 0.3) is 0 Å². The summed E-state index contributed by atoms with van der Waals surface area (Å²) in [7, 11) is 0. The third-order valence-corrected chi connectivity index (χ3v) is 21.1. The normalized spacial score (nSPS) is 51.7. The van der Waals surface area contributed by atoms with Gasteiger partial charge in [-0.2, -0.15) is 0 Å². The van der Waals surface area contributed by atoms with Crippen LogP contribution in [0.4, 0.5) is 0 Å². The summed E-state index contributed by atoms with van der Waals surface area (Å²) in [4.78, 5) is 0. The molecule has 10 bridgehead atoms. The first-order valence-corrected chi connectivity index (χ1v) is 23.8. The van der Waals surface area contributed by atoms with Crippen molar-refractivity contribution >= 4 is 0 Å². The molecular formula is C42H86N10O2+10. The lowest BCUT2D eigenvalue weighted by molar-refractivity contribution is -1.12. The van der Waals surface area contributed by atoms with E-state index in [1.54, 1.807) is 0 Å². The van der Waals surface area contributed by atoms with Crippen LogP contribution in [0.3, 0.4) is 0 Å². The zero-order valence-electron chi connectivity index (χ0n) is 35.1. The average Bonchev–Trinajstić information content (AvgIpc) is 3.25. The summed E-state index contributed by atoms with van der Waals surface area (Å²) >= 11 is 0. The maximum absolute atomic E-state index is 9.63. The molecule has 0 aromatic rings. The summed E-state index contributed by atoms with van der Waals surface area (Å²) in [5.41, 5.74) is 0. The maximum atomic E-state index is 9.63. The van der Waals surface area contributed by atoms with Gasteiger partial charge in [0.2, 0.25) is 0 Å². The Bertz CT molecular complexity index is 1170. The molecule has 0 saturated carbocycles. The average molecular weight is 763 g/mol. The lowest BCUT2D eigenvalue weighted by atomic mass is 10.0. The van der Waals surface area contributed by atoms with Crippen molar-refractivity contribution in [1.82, 2.24) is 0 Å². The van der Waals surface area contributed by atoms with E-state index in [2.05, 4.69) is 0 Å². The third-order valence-electron chi connectivity index (χ3n) is 21.1. The van der Waals surface area contributed by atoms with Crippen LogP contribution in [-0.2, 0) is 0 Å². The first-order chi connectivity index (χ1) is 26.1. The molecule has 0 spiro atoms. The highest BCUT2D eigenvalue weighted by atomic mass is 16.3. The Labute approximate surface area is 329 Å². The Kier molecular flexibility index (Phi) is 9.46. The van der Waals surface area contributed by atoms with Gasteiger partial charge in [-0.1, -0.05) is 0 Å². The van der Waals surface area contributed by atoms with Crippen LogP contribution in [0.15, 0.2) is 0 Å². The molecule has 15 rings (SSSR count). The van der Waals surface area contributed by atoms with Gasteiger partial charge in [-0.05, 0) is 0 Å². The number of piperazine rings is 15. The highest BCUT2D eigenvalue weighted by Gasteiger charge is 2.57.